The van der Waals surface area contributed by atoms with Crippen molar-refractivity contribution < 1.29 is 0 Å². The molecule has 1 aromatic rings. The van der Waals surface area contributed by atoms with E-state index in [9.17, 15) is 0 Å². The molecule has 1 rings (SSSR count). The molecule has 0 heterocycles. The Kier molecular flexibility index (Phi) is 7.71. The van der Waals surface area contributed by atoms with Crippen LogP contribution in [0, 0.1) is 0 Å². The zero-order valence-corrected chi connectivity index (χ0v) is 12.4. The molecule has 0 aromatic heterocycles. The number of hydrogen-bond acceptors (Lipinski definition) is 1. The molecule has 19 heavy (non-hydrogen) atoms. The second-order valence-corrected chi connectivity index (χ2v) is 4.74. The zero-order chi connectivity index (χ0) is 13.9. The highest BCUT2D eigenvalue weighted by Gasteiger charge is 2.06. The zero-order valence-electron chi connectivity index (χ0n) is 12.4. The highest BCUT2D eigenvalue weighted by Crippen LogP contribution is 2.10. The van der Waals surface area contributed by atoms with E-state index < -0.39 is 0 Å². The first-order valence-electron chi connectivity index (χ1n) is 7.37. The highest BCUT2D eigenvalue weighted by molar-refractivity contribution is 5.80. The Morgan fingerprint density at radius 2 is 1.89 bits per heavy atom. The van der Waals surface area contributed by atoms with Crippen molar-refractivity contribution >= 4 is 5.96 Å². The molecule has 0 bridgehead atoms. The molecule has 3 heteroatoms. The van der Waals surface area contributed by atoms with Gasteiger partial charge in [0.1, 0.15) is 0 Å². The van der Waals surface area contributed by atoms with Crippen LogP contribution in [0.4, 0.5) is 0 Å². The SMILES string of the molecule is CCCCCN=C(NCC)NC(C)c1ccccc1. The molecule has 0 radical (unpaired) electrons. The van der Waals surface area contributed by atoms with Crippen LogP contribution in [-0.4, -0.2) is 19.0 Å². The van der Waals surface area contributed by atoms with Crippen LogP contribution in [0.5, 0.6) is 0 Å². The normalized spacial score (nSPS) is 13.1. The quantitative estimate of drug-likeness (QED) is 0.448. The fraction of sp³-hybridized carbons (Fsp3) is 0.562. The van der Waals surface area contributed by atoms with Crippen molar-refractivity contribution in [3.05, 3.63) is 35.9 Å². The van der Waals surface area contributed by atoms with E-state index in [-0.39, 0.29) is 6.04 Å². The van der Waals surface area contributed by atoms with Gasteiger partial charge in [-0.2, -0.15) is 0 Å². The van der Waals surface area contributed by atoms with Gasteiger partial charge in [0.05, 0.1) is 6.04 Å². The van der Waals surface area contributed by atoms with Crippen molar-refractivity contribution in [2.45, 2.75) is 46.1 Å². The molecule has 1 aromatic carbocycles. The maximum absolute atomic E-state index is 4.61. The van der Waals surface area contributed by atoms with Gasteiger partial charge in [-0.15, -0.1) is 0 Å². The predicted molar refractivity (Wildman–Crippen MR) is 83.5 cm³/mol. The number of rotatable bonds is 7. The van der Waals surface area contributed by atoms with E-state index in [2.05, 4.69) is 60.7 Å². The van der Waals surface area contributed by atoms with Crippen LogP contribution in [-0.2, 0) is 0 Å². The molecule has 106 valence electrons. The molecule has 0 aliphatic rings. The minimum atomic E-state index is 0.269. The molecular formula is C16H27N3. The molecule has 1 atom stereocenters. The highest BCUT2D eigenvalue weighted by atomic mass is 15.2. The Morgan fingerprint density at radius 1 is 1.16 bits per heavy atom. The summed E-state index contributed by atoms with van der Waals surface area (Å²) >= 11 is 0. The summed E-state index contributed by atoms with van der Waals surface area (Å²) in [5, 5.41) is 6.75. The molecule has 0 saturated carbocycles. The lowest BCUT2D eigenvalue weighted by Gasteiger charge is -2.18. The largest absolute Gasteiger partial charge is 0.357 e. The summed E-state index contributed by atoms with van der Waals surface area (Å²) in [6.45, 7) is 8.25. The van der Waals surface area contributed by atoms with Crippen molar-refractivity contribution in [3.8, 4) is 0 Å². The van der Waals surface area contributed by atoms with E-state index in [1.54, 1.807) is 0 Å². The third-order valence-electron chi connectivity index (χ3n) is 3.03. The van der Waals surface area contributed by atoms with Crippen LogP contribution in [0.2, 0.25) is 0 Å². The number of aliphatic imine (C=N–C) groups is 1. The standard InChI is InChI=1S/C16H27N3/c1-4-6-10-13-18-16(17-5-2)19-14(3)15-11-8-7-9-12-15/h7-9,11-12,14H,4-6,10,13H2,1-3H3,(H2,17,18,19). The van der Waals surface area contributed by atoms with Gasteiger partial charge < -0.3 is 10.6 Å². The Labute approximate surface area is 117 Å². The van der Waals surface area contributed by atoms with Crippen LogP contribution in [0.1, 0.15) is 51.6 Å². The Hall–Kier alpha value is -1.51. The van der Waals surface area contributed by atoms with Gasteiger partial charge in [0, 0.05) is 13.1 Å². The lowest BCUT2D eigenvalue weighted by Crippen LogP contribution is -2.38. The third kappa shape index (κ3) is 6.27. The fourth-order valence-electron chi connectivity index (χ4n) is 1.90. The molecule has 1 unspecified atom stereocenters. The lowest BCUT2D eigenvalue weighted by atomic mass is 10.1. The van der Waals surface area contributed by atoms with E-state index >= 15 is 0 Å². The predicted octanol–water partition coefficient (Wildman–Crippen LogP) is 3.49. The van der Waals surface area contributed by atoms with E-state index in [1.807, 2.05) is 6.07 Å². The molecule has 0 aliphatic heterocycles. The van der Waals surface area contributed by atoms with Crippen molar-refractivity contribution in [1.82, 2.24) is 10.6 Å². The van der Waals surface area contributed by atoms with Gasteiger partial charge in [0.2, 0.25) is 0 Å². The summed E-state index contributed by atoms with van der Waals surface area (Å²) in [6, 6.07) is 10.7. The van der Waals surface area contributed by atoms with Crippen LogP contribution in [0.3, 0.4) is 0 Å². The molecule has 0 fully saturated rings. The monoisotopic (exact) mass is 261 g/mol. The molecule has 0 saturated heterocycles. The summed E-state index contributed by atoms with van der Waals surface area (Å²) < 4.78 is 0. The Balaban J connectivity index is 2.52. The number of unbranched alkanes of at least 4 members (excludes halogenated alkanes) is 2. The Bertz CT molecular complexity index is 360. The summed E-state index contributed by atoms with van der Waals surface area (Å²) in [6.07, 6.45) is 3.64. The van der Waals surface area contributed by atoms with Crippen molar-refractivity contribution in [3.63, 3.8) is 0 Å². The van der Waals surface area contributed by atoms with Crippen LogP contribution < -0.4 is 10.6 Å². The van der Waals surface area contributed by atoms with Gasteiger partial charge in [-0.25, -0.2) is 0 Å². The molecule has 0 spiro atoms. The van der Waals surface area contributed by atoms with Gasteiger partial charge in [0.25, 0.3) is 0 Å². The maximum atomic E-state index is 4.61. The second kappa shape index (κ2) is 9.42. The van der Waals surface area contributed by atoms with Gasteiger partial charge >= 0.3 is 0 Å². The van der Waals surface area contributed by atoms with E-state index in [4.69, 9.17) is 0 Å². The van der Waals surface area contributed by atoms with Crippen molar-refractivity contribution in [1.29, 1.82) is 0 Å². The van der Waals surface area contributed by atoms with Gasteiger partial charge in [-0.1, -0.05) is 50.1 Å². The number of benzene rings is 1. The first-order chi connectivity index (χ1) is 9.27. The summed E-state index contributed by atoms with van der Waals surface area (Å²) in [5.41, 5.74) is 1.28. The smallest absolute Gasteiger partial charge is 0.191 e. The van der Waals surface area contributed by atoms with Crippen LogP contribution >= 0.6 is 0 Å². The first-order valence-corrected chi connectivity index (χ1v) is 7.37. The summed E-state index contributed by atoms with van der Waals surface area (Å²) in [7, 11) is 0. The average molecular weight is 261 g/mol. The number of nitrogens with one attached hydrogen (secondary N) is 2. The number of guanidine groups is 1. The number of nitrogens with zero attached hydrogens (tertiary/aromatic N) is 1. The molecule has 3 nitrogen and oxygen atoms in total. The summed E-state index contributed by atoms with van der Waals surface area (Å²) in [4.78, 5) is 4.61. The van der Waals surface area contributed by atoms with Gasteiger partial charge in [-0.3, -0.25) is 4.99 Å². The van der Waals surface area contributed by atoms with Gasteiger partial charge in [-0.05, 0) is 25.8 Å². The first kappa shape index (κ1) is 15.5. The second-order valence-electron chi connectivity index (χ2n) is 4.74. The fourth-order valence-corrected chi connectivity index (χ4v) is 1.90. The lowest BCUT2D eigenvalue weighted by molar-refractivity contribution is 0.675. The molecule has 0 aliphatic carbocycles. The molecule has 2 N–H and O–H groups in total. The number of hydrogen-bond donors (Lipinski definition) is 2. The van der Waals surface area contributed by atoms with E-state index in [0.29, 0.717) is 0 Å². The van der Waals surface area contributed by atoms with Gasteiger partial charge in [0.15, 0.2) is 5.96 Å². The summed E-state index contributed by atoms with van der Waals surface area (Å²) in [5.74, 6) is 0.912. The van der Waals surface area contributed by atoms with Crippen LogP contribution in [0.25, 0.3) is 0 Å². The minimum Gasteiger partial charge on any atom is -0.357 e. The molecular weight excluding hydrogens is 234 g/mol. The topological polar surface area (TPSA) is 36.4 Å². The Morgan fingerprint density at radius 3 is 2.53 bits per heavy atom. The maximum Gasteiger partial charge on any atom is 0.191 e. The minimum absolute atomic E-state index is 0.269. The van der Waals surface area contributed by atoms with Crippen molar-refractivity contribution in [2.24, 2.45) is 4.99 Å². The van der Waals surface area contributed by atoms with Crippen LogP contribution in [0.15, 0.2) is 35.3 Å². The van der Waals surface area contributed by atoms with E-state index in [0.717, 1.165) is 25.5 Å². The molecule has 0 amide bonds. The van der Waals surface area contributed by atoms with E-state index in [1.165, 1.54) is 18.4 Å². The van der Waals surface area contributed by atoms with Crippen molar-refractivity contribution in [2.75, 3.05) is 13.1 Å². The average Bonchev–Trinajstić information content (AvgIpc) is 2.44. The third-order valence-corrected chi connectivity index (χ3v) is 3.03.